The van der Waals surface area contributed by atoms with Crippen LogP contribution in [-0.2, 0) is 0 Å². The predicted molar refractivity (Wildman–Crippen MR) is 100 cm³/mol. The quantitative estimate of drug-likeness (QED) is 0.908. The van der Waals surface area contributed by atoms with Crippen molar-refractivity contribution < 1.29 is 4.79 Å². The summed E-state index contributed by atoms with van der Waals surface area (Å²) in [6.45, 7) is 4.76. The lowest BCUT2D eigenvalue weighted by Gasteiger charge is -2.35. The molecule has 0 spiro atoms. The Kier molecular flexibility index (Phi) is 5.47. The molecule has 0 saturated carbocycles. The minimum atomic E-state index is -0.0316. The topological polar surface area (TPSA) is 81.9 Å². The largest absolute Gasteiger partial charge is 0.334 e. The van der Waals surface area contributed by atoms with E-state index in [1.807, 2.05) is 17.9 Å². The van der Waals surface area contributed by atoms with Gasteiger partial charge in [-0.05, 0) is 56.9 Å². The third kappa shape index (κ3) is 3.99. The molecule has 1 aliphatic heterocycles. The van der Waals surface area contributed by atoms with Crippen LogP contribution in [0.2, 0.25) is 0 Å². The third-order valence-corrected chi connectivity index (χ3v) is 4.68. The molecule has 1 fully saturated rings. The molecule has 0 bridgehead atoms. The smallest absolute Gasteiger partial charge is 0.272 e. The molecule has 1 aromatic heterocycles. The van der Waals surface area contributed by atoms with E-state index in [1.54, 1.807) is 24.3 Å². The minimum Gasteiger partial charge on any atom is -0.334 e. The average molecular weight is 349 g/mol. The van der Waals surface area contributed by atoms with Crippen molar-refractivity contribution in [3.8, 4) is 6.07 Å². The molecular weight excluding hydrogens is 326 g/mol. The molecule has 2 aromatic rings. The fourth-order valence-corrected chi connectivity index (χ4v) is 3.37. The van der Waals surface area contributed by atoms with E-state index >= 15 is 0 Å². The Bertz CT molecular complexity index is 842. The van der Waals surface area contributed by atoms with E-state index in [0.717, 1.165) is 37.2 Å². The van der Waals surface area contributed by atoms with Gasteiger partial charge in [-0.1, -0.05) is 13.0 Å². The van der Waals surface area contributed by atoms with Crippen molar-refractivity contribution in [3.63, 3.8) is 0 Å². The van der Waals surface area contributed by atoms with Gasteiger partial charge in [-0.15, -0.1) is 0 Å². The van der Waals surface area contributed by atoms with Crippen molar-refractivity contribution in [1.82, 2.24) is 14.9 Å². The minimum absolute atomic E-state index is 0.0316. The van der Waals surface area contributed by atoms with Crippen molar-refractivity contribution in [1.29, 1.82) is 5.26 Å². The van der Waals surface area contributed by atoms with Crippen molar-refractivity contribution in [3.05, 3.63) is 47.3 Å². The van der Waals surface area contributed by atoms with Gasteiger partial charge in [0.1, 0.15) is 5.69 Å². The lowest BCUT2D eigenvalue weighted by Crippen LogP contribution is -2.43. The van der Waals surface area contributed by atoms with Crippen LogP contribution in [0.3, 0.4) is 0 Å². The second-order valence-corrected chi connectivity index (χ2v) is 6.59. The number of benzene rings is 1. The Balaban J connectivity index is 1.85. The Morgan fingerprint density at radius 3 is 2.96 bits per heavy atom. The summed E-state index contributed by atoms with van der Waals surface area (Å²) in [7, 11) is 0. The lowest BCUT2D eigenvalue weighted by atomic mass is 9.99. The van der Waals surface area contributed by atoms with Gasteiger partial charge in [0.25, 0.3) is 5.91 Å². The van der Waals surface area contributed by atoms with E-state index in [0.29, 0.717) is 17.2 Å². The standard InChI is InChI=1S/C20H23N5O/c1-3-17-9-4-5-10-25(17)19(26)18-11-14(2)22-20(24-18)23-16-8-6-7-15(12-16)13-21/h6-8,11-12,17H,3-5,9-10H2,1-2H3,(H,22,23,24). The molecule has 6 heteroatoms. The second kappa shape index (κ2) is 7.96. The van der Waals surface area contributed by atoms with Gasteiger partial charge in [0.15, 0.2) is 0 Å². The molecule has 1 aromatic carbocycles. The van der Waals surface area contributed by atoms with Gasteiger partial charge in [0.2, 0.25) is 5.95 Å². The van der Waals surface area contributed by atoms with Crippen LogP contribution in [0.5, 0.6) is 0 Å². The number of nitrogens with one attached hydrogen (secondary N) is 1. The maximum atomic E-state index is 13.0. The summed E-state index contributed by atoms with van der Waals surface area (Å²) in [5, 5.41) is 12.1. The number of amides is 1. The normalized spacial score (nSPS) is 16.8. The monoisotopic (exact) mass is 349 g/mol. The zero-order chi connectivity index (χ0) is 18.5. The van der Waals surface area contributed by atoms with Crippen molar-refractivity contribution in [2.45, 2.75) is 45.6 Å². The highest BCUT2D eigenvalue weighted by molar-refractivity contribution is 5.93. The van der Waals surface area contributed by atoms with Crippen LogP contribution in [0.25, 0.3) is 0 Å². The molecule has 1 unspecified atom stereocenters. The van der Waals surface area contributed by atoms with E-state index in [2.05, 4.69) is 28.3 Å². The highest BCUT2D eigenvalue weighted by Gasteiger charge is 2.27. The maximum absolute atomic E-state index is 13.0. The predicted octanol–water partition coefficient (Wildman–Crippen LogP) is 3.81. The molecule has 26 heavy (non-hydrogen) atoms. The molecular formula is C20H23N5O. The number of carbonyl (C=O) groups is 1. The molecule has 1 N–H and O–H groups in total. The van der Waals surface area contributed by atoms with E-state index < -0.39 is 0 Å². The first-order valence-corrected chi connectivity index (χ1v) is 9.04. The SMILES string of the molecule is CCC1CCCCN1C(=O)c1cc(C)nc(Nc2cccc(C#N)c2)n1. The molecule has 0 aliphatic carbocycles. The summed E-state index contributed by atoms with van der Waals surface area (Å²) in [6.07, 6.45) is 4.23. The Labute approximate surface area is 153 Å². The number of anilines is 2. The number of likely N-dealkylation sites (tertiary alicyclic amines) is 1. The summed E-state index contributed by atoms with van der Waals surface area (Å²) < 4.78 is 0. The van der Waals surface area contributed by atoms with Crippen LogP contribution in [0, 0.1) is 18.3 Å². The van der Waals surface area contributed by atoms with Gasteiger partial charge in [-0.2, -0.15) is 5.26 Å². The molecule has 3 rings (SSSR count). The molecule has 134 valence electrons. The van der Waals surface area contributed by atoms with Gasteiger partial charge in [0.05, 0.1) is 11.6 Å². The molecule has 0 radical (unpaired) electrons. The number of aryl methyl sites for hydroxylation is 1. The fourth-order valence-electron chi connectivity index (χ4n) is 3.37. The van der Waals surface area contributed by atoms with Crippen LogP contribution < -0.4 is 5.32 Å². The molecule has 1 amide bonds. The summed E-state index contributed by atoms with van der Waals surface area (Å²) in [4.78, 5) is 23.7. The maximum Gasteiger partial charge on any atom is 0.272 e. The van der Waals surface area contributed by atoms with Crippen molar-refractivity contribution >= 4 is 17.5 Å². The third-order valence-electron chi connectivity index (χ3n) is 4.68. The average Bonchev–Trinajstić information content (AvgIpc) is 2.67. The Morgan fingerprint density at radius 2 is 2.19 bits per heavy atom. The number of piperidine rings is 1. The number of nitriles is 1. The van der Waals surface area contributed by atoms with Crippen molar-refractivity contribution in [2.24, 2.45) is 0 Å². The summed E-state index contributed by atoms with van der Waals surface area (Å²) >= 11 is 0. The van der Waals surface area contributed by atoms with Crippen LogP contribution in [0.15, 0.2) is 30.3 Å². The first kappa shape index (κ1) is 17.9. The van der Waals surface area contributed by atoms with E-state index in [9.17, 15) is 4.79 Å². The number of carbonyl (C=O) groups excluding carboxylic acids is 1. The molecule has 2 heterocycles. The van der Waals surface area contributed by atoms with Crippen LogP contribution in [-0.4, -0.2) is 33.4 Å². The molecule has 1 saturated heterocycles. The van der Waals surface area contributed by atoms with Crippen molar-refractivity contribution in [2.75, 3.05) is 11.9 Å². The number of hydrogen-bond donors (Lipinski definition) is 1. The van der Waals surface area contributed by atoms with Crippen LogP contribution in [0.1, 0.15) is 54.4 Å². The first-order valence-electron chi connectivity index (χ1n) is 9.04. The number of rotatable bonds is 4. The Morgan fingerprint density at radius 1 is 1.35 bits per heavy atom. The van der Waals surface area contributed by atoms with Gasteiger partial charge in [0, 0.05) is 24.0 Å². The van der Waals surface area contributed by atoms with Gasteiger partial charge in [-0.25, -0.2) is 9.97 Å². The van der Waals surface area contributed by atoms with E-state index in [4.69, 9.17) is 5.26 Å². The van der Waals surface area contributed by atoms with Gasteiger partial charge >= 0.3 is 0 Å². The number of nitrogens with zero attached hydrogens (tertiary/aromatic N) is 4. The first-order chi connectivity index (χ1) is 12.6. The Hall–Kier alpha value is -2.94. The van der Waals surface area contributed by atoms with Gasteiger partial charge in [-0.3, -0.25) is 4.79 Å². The summed E-state index contributed by atoms with van der Waals surface area (Å²) in [5.41, 5.74) is 2.42. The number of hydrogen-bond acceptors (Lipinski definition) is 5. The van der Waals surface area contributed by atoms with E-state index in [1.165, 1.54) is 6.42 Å². The molecule has 1 aliphatic rings. The van der Waals surface area contributed by atoms with Crippen LogP contribution in [0.4, 0.5) is 11.6 Å². The van der Waals surface area contributed by atoms with Gasteiger partial charge < -0.3 is 10.2 Å². The van der Waals surface area contributed by atoms with E-state index in [-0.39, 0.29) is 11.9 Å². The zero-order valence-corrected chi connectivity index (χ0v) is 15.2. The number of aromatic nitrogens is 2. The zero-order valence-electron chi connectivity index (χ0n) is 15.2. The molecule has 1 atom stereocenters. The fraction of sp³-hybridized carbons (Fsp3) is 0.400. The lowest BCUT2D eigenvalue weighted by molar-refractivity contribution is 0.0602. The highest BCUT2D eigenvalue weighted by Crippen LogP contribution is 2.22. The second-order valence-electron chi connectivity index (χ2n) is 6.59. The summed E-state index contributed by atoms with van der Waals surface area (Å²) in [5.74, 6) is 0.337. The van der Waals surface area contributed by atoms with Crippen LogP contribution >= 0.6 is 0 Å². The highest BCUT2D eigenvalue weighted by atomic mass is 16.2. The summed E-state index contributed by atoms with van der Waals surface area (Å²) in [6, 6.07) is 11.2. The molecule has 6 nitrogen and oxygen atoms in total.